The van der Waals surface area contributed by atoms with Gasteiger partial charge in [-0.2, -0.15) is 0 Å². The minimum atomic E-state index is -0.972. The first kappa shape index (κ1) is 7.82. The molecule has 1 rings (SSSR count). The third-order valence-corrected chi connectivity index (χ3v) is 1.36. The minimum absolute atomic E-state index is 0.124. The van der Waals surface area contributed by atoms with Gasteiger partial charge >= 0.3 is 13.5 Å². The summed E-state index contributed by atoms with van der Waals surface area (Å²) in [6, 6.07) is 6.21. The zero-order chi connectivity index (χ0) is 8.27. The molecule has 0 unspecified atom stereocenters. The molecule has 0 fully saturated rings. The maximum Gasteiger partial charge on any atom is 0.335 e. The summed E-state index contributed by atoms with van der Waals surface area (Å²) < 4.78 is 0. The molecule has 0 saturated carbocycles. The Labute approximate surface area is 64.6 Å². The molecule has 0 amide bonds. The molecule has 3 nitrogen and oxygen atoms in total. The van der Waals surface area contributed by atoms with Gasteiger partial charge in [-0.25, -0.2) is 4.79 Å². The van der Waals surface area contributed by atoms with E-state index in [9.17, 15) is 4.79 Å². The quantitative estimate of drug-likeness (QED) is 0.551. The van der Waals surface area contributed by atoms with Gasteiger partial charge in [0.25, 0.3) is 0 Å². The van der Waals surface area contributed by atoms with Crippen molar-refractivity contribution in [2.24, 2.45) is 0 Å². The fraction of sp³-hybridized carbons (Fsp3) is 0. The van der Waals surface area contributed by atoms with Gasteiger partial charge in [0.1, 0.15) is 0 Å². The summed E-state index contributed by atoms with van der Waals surface area (Å²) in [7, 11) is -0.124. The van der Waals surface area contributed by atoms with Crippen molar-refractivity contribution in [3.63, 3.8) is 0 Å². The Morgan fingerprint density at radius 1 is 1.45 bits per heavy atom. The van der Waals surface area contributed by atoms with Crippen LogP contribution in [0.3, 0.4) is 0 Å². The standard InChI is InChI=1S/C7H7BO3/c9-7(10)5-2-1-3-6(4-5)8-11/h1-4,8,11H,(H,9,10). The fourth-order valence-corrected chi connectivity index (χ4v) is 0.803. The molecular weight excluding hydrogens is 143 g/mol. The molecule has 0 aromatic heterocycles. The van der Waals surface area contributed by atoms with Crippen molar-refractivity contribution in [1.29, 1.82) is 0 Å². The van der Waals surface area contributed by atoms with E-state index in [-0.39, 0.29) is 13.0 Å². The van der Waals surface area contributed by atoms with Crippen molar-refractivity contribution in [3.8, 4) is 0 Å². The van der Waals surface area contributed by atoms with Crippen LogP contribution in [0.4, 0.5) is 0 Å². The van der Waals surface area contributed by atoms with Crippen molar-refractivity contribution in [1.82, 2.24) is 0 Å². The number of hydrogen-bond acceptors (Lipinski definition) is 2. The molecule has 0 spiro atoms. The first-order chi connectivity index (χ1) is 5.24. The highest BCUT2D eigenvalue weighted by Gasteiger charge is 2.01. The van der Waals surface area contributed by atoms with Crippen molar-refractivity contribution < 1.29 is 14.9 Å². The van der Waals surface area contributed by atoms with E-state index in [0.29, 0.717) is 5.46 Å². The molecule has 0 bridgehead atoms. The second-order valence-corrected chi connectivity index (χ2v) is 2.16. The summed E-state index contributed by atoms with van der Waals surface area (Å²) in [6.07, 6.45) is 0. The van der Waals surface area contributed by atoms with Crippen LogP contribution in [0.15, 0.2) is 24.3 Å². The Bertz CT molecular complexity index is 272. The molecule has 0 radical (unpaired) electrons. The summed E-state index contributed by atoms with van der Waals surface area (Å²) >= 11 is 0. The monoisotopic (exact) mass is 150 g/mol. The van der Waals surface area contributed by atoms with E-state index in [1.165, 1.54) is 12.1 Å². The summed E-state index contributed by atoms with van der Waals surface area (Å²) in [5.41, 5.74) is 0.821. The number of benzene rings is 1. The van der Waals surface area contributed by atoms with Crippen LogP contribution in [-0.4, -0.2) is 23.6 Å². The van der Waals surface area contributed by atoms with Gasteiger partial charge < -0.3 is 10.1 Å². The zero-order valence-electron chi connectivity index (χ0n) is 5.82. The van der Waals surface area contributed by atoms with Crippen molar-refractivity contribution >= 4 is 18.9 Å². The van der Waals surface area contributed by atoms with E-state index in [1.807, 2.05) is 0 Å². The lowest BCUT2D eigenvalue weighted by Crippen LogP contribution is -2.14. The molecule has 0 aliphatic heterocycles. The summed E-state index contributed by atoms with van der Waals surface area (Å²) in [5, 5.41) is 17.2. The lowest BCUT2D eigenvalue weighted by Gasteiger charge is -1.95. The molecular formula is C7H7BO3. The van der Waals surface area contributed by atoms with Gasteiger partial charge in [0, 0.05) is 0 Å². The van der Waals surface area contributed by atoms with Crippen molar-refractivity contribution in [2.45, 2.75) is 0 Å². The second kappa shape index (κ2) is 3.21. The lowest BCUT2D eigenvalue weighted by molar-refractivity contribution is 0.0697. The first-order valence-corrected chi connectivity index (χ1v) is 3.17. The topological polar surface area (TPSA) is 57.5 Å². The molecule has 11 heavy (non-hydrogen) atoms. The van der Waals surface area contributed by atoms with E-state index >= 15 is 0 Å². The number of carbonyl (C=O) groups is 1. The van der Waals surface area contributed by atoms with Gasteiger partial charge in [-0.3, -0.25) is 0 Å². The summed E-state index contributed by atoms with van der Waals surface area (Å²) in [6.45, 7) is 0. The molecule has 0 aliphatic rings. The number of aromatic carboxylic acids is 1. The molecule has 2 N–H and O–H groups in total. The van der Waals surface area contributed by atoms with Crippen LogP contribution in [0.5, 0.6) is 0 Å². The average molecular weight is 150 g/mol. The van der Waals surface area contributed by atoms with Gasteiger partial charge in [-0.1, -0.05) is 23.7 Å². The van der Waals surface area contributed by atoms with E-state index in [4.69, 9.17) is 10.1 Å². The summed E-state index contributed by atoms with van der Waals surface area (Å²) in [5.74, 6) is -0.972. The first-order valence-electron chi connectivity index (χ1n) is 3.17. The van der Waals surface area contributed by atoms with Gasteiger partial charge in [-0.15, -0.1) is 0 Å². The lowest BCUT2D eigenvalue weighted by atomic mass is 9.88. The highest BCUT2D eigenvalue weighted by Crippen LogP contribution is 1.94. The molecule has 0 aliphatic carbocycles. The molecule has 56 valence electrons. The Hall–Kier alpha value is -1.29. The number of rotatable bonds is 2. The molecule has 0 atom stereocenters. The third-order valence-electron chi connectivity index (χ3n) is 1.36. The zero-order valence-corrected chi connectivity index (χ0v) is 5.82. The molecule has 1 aromatic carbocycles. The Balaban J connectivity index is 3.01. The van der Waals surface area contributed by atoms with Gasteiger partial charge in [0.2, 0.25) is 0 Å². The number of hydrogen-bond donors (Lipinski definition) is 2. The van der Waals surface area contributed by atoms with Crippen LogP contribution in [0.1, 0.15) is 10.4 Å². The van der Waals surface area contributed by atoms with Crippen LogP contribution in [0.2, 0.25) is 0 Å². The van der Waals surface area contributed by atoms with E-state index in [2.05, 4.69) is 0 Å². The largest absolute Gasteiger partial charge is 0.478 e. The Kier molecular flexibility index (Phi) is 2.28. The normalized spacial score (nSPS) is 9.18. The minimum Gasteiger partial charge on any atom is -0.478 e. The molecule has 4 heteroatoms. The predicted octanol–water partition coefficient (Wildman–Crippen LogP) is -0.646. The SMILES string of the molecule is O=C(O)c1cccc(BO)c1. The van der Waals surface area contributed by atoms with Gasteiger partial charge in [0.15, 0.2) is 0 Å². The van der Waals surface area contributed by atoms with Gasteiger partial charge in [-0.05, 0) is 6.07 Å². The number of carboxylic acids is 1. The second-order valence-electron chi connectivity index (χ2n) is 2.16. The van der Waals surface area contributed by atoms with Crippen LogP contribution >= 0.6 is 0 Å². The van der Waals surface area contributed by atoms with E-state index in [0.717, 1.165) is 0 Å². The molecule has 0 saturated heterocycles. The maximum atomic E-state index is 10.4. The highest BCUT2D eigenvalue weighted by molar-refractivity contribution is 6.45. The van der Waals surface area contributed by atoms with Crippen LogP contribution in [0, 0.1) is 0 Å². The van der Waals surface area contributed by atoms with E-state index < -0.39 is 5.97 Å². The van der Waals surface area contributed by atoms with Crippen molar-refractivity contribution in [2.75, 3.05) is 0 Å². The van der Waals surface area contributed by atoms with Crippen LogP contribution in [0.25, 0.3) is 0 Å². The predicted molar refractivity (Wildman–Crippen MR) is 42.4 cm³/mol. The van der Waals surface area contributed by atoms with Gasteiger partial charge in [0.05, 0.1) is 5.56 Å². The Morgan fingerprint density at radius 2 is 2.18 bits per heavy atom. The van der Waals surface area contributed by atoms with E-state index in [1.54, 1.807) is 12.1 Å². The third kappa shape index (κ3) is 1.81. The smallest absolute Gasteiger partial charge is 0.335 e. The van der Waals surface area contributed by atoms with Crippen molar-refractivity contribution in [3.05, 3.63) is 29.8 Å². The highest BCUT2D eigenvalue weighted by atomic mass is 16.4. The number of carboxylic acid groups (broad SMARTS) is 1. The Morgan fingerprint density at radius 3 is 2.73 bits per heavy atom. The maximum absolute atomic E-state index is 10.4. The van der Waals surface area contributed by atoms with Crippen LogP contribution < -0.4 is 5.46 Å². The molecule has 0 heterocycles. The molecule has 1 aromatic rings. The summed E-state index contributed by atoms with van der Waals surface area (Å²) in [4.78, 5) is 10.4. The fourth-order valence-electron chi connectivity index (χ4n) is 0.803. The average Bonchev–Trinajstić information content (AvgIpc) is 2.05. The van der Waals surface area contributed by atoms with Crippen LogP contribution in [-0.2, 0) is 0 Å².